The molecule has 1 aromatic heterocycles. The van der Waals surface area contributed by atoms with Crippen molar-refractivity contribution < 1.29 is 4.74 Å². The summed E-state index contributed by atoms with van der Waals surface area (Å²) in [5.74, 6) is 1.67. The van der Waals surface area contributed by atoms with Crippen molar-refractivity contribution in [2.45, 2.75) is 38.6 Å². The predicted octanol–water partition coefficient (Wildman–Crippen LogP) is 2.25. The average molecular weight is 284 g/mol. The topological polar surface area (TPSA) is 41.5 Å². The predicted molar refractivity (Wildman–Crippen MR) is 79.2 cm³/mol. The molecule has 1 fully saturated rings. The normalized spacial score (nSPS) is 17.2. The largest absolute Gasteiger partial charge is 0.474 e. The fraction of sp³-hybridized carbons (Fsp3) is 0.846. The van der Waals surface area contributed by atoms with E-state index in [1.165, 1.54) is 24.6 Å². The highest BCUT2D eigenvalue weighted by atomic mass is 32.1. The Bertz CT molecular complexity index is 374. The molecule has 5 nitrogen and oxygen atoms in total. The van der Waals surface area contributed by atoms with Crippen LogP contribution in [0.4, 0.5) is 5.82 Å². The van der Waals surface area contributed by atoms with Gasteiger partial charge in [0.15, 0.2) is 0 Å². The number of hydrogen-bond acceptors (Lipinski definition) is 6. The lowest BCUT2D eigenvalue weighted by molar-refractivity contribution is 0.248. The minimum atomic E-state index is 0.687. The van der Waals surface area contributed by atoms with Crippen LogP contribution in [0.5, 0.6) is 5.88 Å². The molecule has 19 heavy (non-hydrogen) atoms. The van der Waals surface area contributed by atoms with E-state index in [-0.39, 0.29) is 0 Å². The quantitative estimate of drug-likeness (QED) is 0.749. The Labute approximate surface area is 119 Å². The lowest BCUT2D eigenvalue weighted by Gasteiger charge is -2.35. The molecule has 2 heterocycles. The van der Waals surface area contributed by atoms with Gasteiger partial charge in [-0.3, -0.25) is 0 Å². The maximum Gasteiger partial charge on any atom is 0.270 e. The number of anilines is 1. The van der Waals surface area contributed by atoms with E-state index in [2.05, 4.69) is 39.6 Å². The van der Waals surface area contributed by atoms with Crippen molar-refractivity contribution in [1.29, 1.82) is 0 Å². The third-order valence-electron chi connectivity index (χ3n) is 3.67. The molecule has 1 saturated heterocycles. The number of nitrogens with zero attached hydrogens (tertiary/aromatic N) is 4. The van der Waals surface area contributed by atoms with Crippen LogP contribution in [0.3, 0.4) is 0 Å². The van der Waals surface area contributed by atoms with Crippen molar-refractivity contribution in [2.75, 3.05) is 38.7 Å². The molecular weight excluding hydrogens is 260 g/mol. The number of aromatic nitrogens is 2. The number of unbranched alkanes of at least 4 members (excludes halogenated alkanes) is 1. The van der Waals surface area contributed by atoms with Gasteiger partial charge < -0.3 is 14.5 Å². The number of rotatable bonds is 6. The molecular formula is C13H24N4OS. The van der Waals surface area contributed by atoms with Gasteiger partial charge in [-0.25, -0.2) is 0 Å². The van der Waals surface area contributed by atoms with Crippen LogP contribution in [0.2, 0.25) is 0 Å². The van der Waals surface area contributed by atoms with Gasteiger partial charge in [0.1, 0.15) is 0 Å². The van der Waals surface area contributed by atoms with E-state index in [0.717, 1.165) is 44.2 Å². The molecule has 108 valence electrons. The van der Waals surface area contributed by atoms with Crippen molar-refractivity contribution in [3.05, 3.63) is 0 Å². The SMILES string of the molecule is CCCCOc1nsnc1N1CCC(N(C)C)CC1. The summed E-state index contributed by atoms with van der Waals surface area (Å²) in [5.41, 5.74) is 0. The van der Waals surface area contributed by atoms with Crippen LogP contribution in [-0.2, 0) is 0 Å². The molecule has 0 N–H and O–H groups in total. The molecule has 0 atom stereocenters. The van der Waals surface area contributed by atoms with Gasteiger partial charge in [-0.1, -0.05) is 13.3 Å². The van der Waals surface area contributed by atoms with Gasteiger partial charge in [0.05, 0.1) is 18.3 Å². The van der Waals surface area contributed by atoms with E-state index < -0.39 is 0 Å². The Kier molecular flexibility index (Phi) is 5.39. The minimum Gasteiger partial charge on any atom is -0.474 e. The first kappa shape index (κ1) is 14.5. The lowest BCUT2D eigenvalue weighted by Crippen LogP contribution is -2.42. The van der Waals surface area contributed by atoms with E-state index in [9.17, 15) is 0 Å². The van der Waals surface area contributed by atoms with Crippen LogP contribution in [0.15, 0.2) is 0 Å². The minimum absolute atomic E-state index is 0.687. The fourth-order valence-corrected chi connectivity index (χ4v) is 2.89. The monoisotopic (exact) mass is 284 g/mol. The molecule has 0 saturated carbocycles. The molecule has 0 bridgehead atoms. The van der Waals surface area contributed by atoms with Gasteiger partial charge in [-0.15, -0.1) is 4.37 Å². The Hall–Kier alpha value is -0.880. The summed E-state index contributed by atoms with van der Waals surface area (Å²) < 4.78 is 14.4. The summed E-state index contributed by atoms with van der Waals surface area (Å²) in [7, 11) is 4.31. The average Bonchev–Trinajstić information content (AvgIpc) is 2.87. The van der Waals surface area contributed by atoms with Gasteiger partial charge in [0.2, 0.25) is 5.82 Å². The van der Waals surface area contributed by atoms with Crippen molar-refractivity contribution in [1.82, 2.24) is 13.6 Å². The first-order valence-electron chi connectivity index (χ1n) is 7.09. The van der Waals surface area contributed by atoms with Crippen LogP contribution in [0, 0.1) is 0 Å². The Morgan fingerprint density at radius 3 is 2.68 bits per heavy atom. The van der Waals surface area contributed by atoms with Crippen LogP contribution in [0.1, 0.15) is 32.6 Å². The van der Waals surface area contributed by atoms with Crippen molar-refractivity contribution >= 4 is 17.5 Å². The number of piperidine rings is 1. The van der Waals surface area contributed by atoms with E-state index in [1.54, 1.807) is 0 Å². The third kappa shape index (κ3) is 3.79. The van der Waals surface area contributed by atoms with E-state index in [4.69, 9.17) is 4.74 Å². The van der Waals surface area contributed by atoms with Gasteiger partial charge >= 0.3 is 0 Å². The third-order valence-corrected chi connectivity index (χ3v) is 4.18. The van der Waals surface area contributed by atoms with Crippen LogP contribution >= 0.6 is 11.7 Å². The Morgan fingerprint density at radius 2 is 2.05 bits per heavy atom. The smallest absolute Gasteiger partial charge is 0.270 e. The van der Waals surface area contributed by atoms with Crippen molar-refractivity contribution in [3.8, 4) is 5.88 Å². The molecule has 0 spiro atoms. The molecule has 1 aliphatic heterocycles. The molecule has 0 unspecified atom stereocenters. The summed E-state index contributed by atoms with van der Waals surface area (Å²) in [5, 5.41) is 0. The molecule has 0 aliphatic carbocycles. The van der Waals surface area contributed by atoms with E-state index in [0.29, 0.717) is 6.04 Å². The molecule has 2 rings (SSSR count). The van der Waals surface area contributed by atoms with Crippen molar-refractivity contribution in [2.24, 2.45) is 0 Å². The summed E-state index contributed by atoms with van der Waals surface area (Å²) >= 11 is 1.25. The summed E-state index contributed by atoms with van der Waals surface area (Å²) in [6.07, 6.45) is 4.57. The molecule has 0 radical (unpaired) electrons. The first-order chi connectivity index (χ1) is 9.22. The van der Waals surface area contributed by atoms with Crippen LogP contribution in [0.25, 0.3) is 0 Å². The highest BCUT2D eigenvalue weighted by Crippen LogP contribution is 2.29. The highest BCUT2D eigenvalue weighted by Gasteiger charge is 2.24. The van der Waals surface area contributed by atoms with Gasteiger partial charge in [0.25, 0.3) is 5.88 Å². The van der Waals surface area contributed by atoms with Crippen LogP contribution < -0.4 is 9.64 Å². The first-order valence-corrected chi connectivity index (χ1v) is 7.82. The van der Waals surface area contributed by atoms with E-state index >= 15 is 0 Å². The molecule has 0 aromatic carbocycles. The molecule has 1 aromatic rings. The zero-order valence-electron chi connectivity index (χ0n) is 12.1. The maximum atomic E-state index is 5.73. The second kappa shape index (κ2) is 7.05. The van der Waals surface area contributed by atoms with Gasteiger partial charge in [-0.2, -0.15) is 4.37 Å². The van der Waals surface area contributed by atoms with Crippen molar-refractivity contribution in [3.63, 3.8) is 0 Å². The zero-order chi connectivity index (χ0) is 13.7. The maximum absolute atomic E-state index is 5.73. The molecule has 1 aliphatic rings. The standard InChI is InChI=1S/C13H24N4OS/c1-4-5-10-18-13-12(14-19-15-13)17-8-6-11(7-9-17)16(2)3/h11H,4-10H2,1-3H3. The Morgan fingerprint density at radius 1 is 1.32 bits per heavy atom. The van der Waals surface area contributed by atoms with Gasteiger partial charge in [-0.05, 0) is 33.4 Å². The summed E-state index contributed by atoms with van der Waals surface area (Å²) in [4.78, 5) is 4.63. The van der Waals surface area contributed by atoms with Gasteiger partial charge in [0, 0.05) is 19.1 Å². The zero-order valence-corrected chi connectivity index (χ0v) is 12.9. The van der Waals surface area contributed by atoms with Crippen LogP contribution in [-0.4, -0.2) is 53.5 Å². The summed E-state index contributed by atoms with van der Waals surface area (Å²) in [6, 6.07) is 0.687. The fourth-order valence-electron chi connectivity index (χ4n) is 2.37. The molecule has 0 amide bonds. The number of ether oxygens (including phenoxy) is 1. The Balaban J connectivity index is 1.90. The number of hydrogen-bond donors (Lipinski definition) is 0. The second-order valence-electron chi connectivity index (χ2n) is 5.28. The highest BCUT2D eigenvalue weighted by molar-refractivity contribution is 6.99. The second-order valence-corrected chi connectivity index (χ2v) is 5.81. The molecule has 6 heteroatoms. The lowest BCUT2D eigenvalue weighted by atomic mass is 10.0. The summed E-state index contributed by atoms with van der Waals surface area (Å²) in [6.45, 7) is 4.98. The van der Waals surface area contributed by atoms with E-state index in [1.807, 2.05) is 0 Å².